The first-order chi connectivity index (χ1) is 14.6. The Labute approximate surface area is 178 Å². The molecule has 0 aliphatic heterocycles. The van der Waals surface area contributed by atoms with Gasteiger partial charge in [-0.15, -0.1) is 0 Å². The SMILES string of the molecule is COc1cc(COCC(COCCN(C)c2ccccn2)OC)cc(OC)c1OC. The van der Waals surface area contributed by atoms with Crippen molar-refractivity contribution < 1.29 is 28.4 Å². The highest BCUT2D eigenvalue weighted by atomic mass is 16.6. The van der Waals surface area contributed by atoms with Crippen molar-refractivity contribution in [1.29, 1.82) is 0 Å². The number of pyridine rings is 1. The number of likely N-dealkylation sites (N-methyl/N-ethyl adjacent to an activating group) is 1. The predicted octanol–water partition coefficient (Wildman–Crippen LogP) is 2.79. The molecule has 2 rings (SSSR count). The van der Waals surface area contributed by atoms with E-state index in [1.54, 1.807) is 34.6 Å². The summed E-state index contributed by atoms with van der Waals surface area (Å²) < 4.78 is 33.1. The summed E-state index contributed by atoms with van der Waals surface area (Å²) in [4.78, 5) is 6.36. The molecule has 1 aromatic carbocycles. The molecule has 1 atom stereocenters. The van der Waals surface area contributed by atoms with E-state index in [0.29, 0.717) is 43.7 Å². The Morgan fingerprint density at radius 3 is 2.20 bits per heavy atom. The maximum absolute atomic E-state index is 5.82. The average Bonchev–Trinajstić information content (AvgIpc) is 2.80. The van der Waals surface area contributed by atoms with Crippen molar-refractivity contribution in [2.45, 2.75) is 12.7 Å². The van der Waals surface area contributed by atoms with Gasteiger partial charge in [0.05, 0.1) is 47.8 Å². The monoisotopic (exact) mass is 420 g/mol. The maximum atomic E-state index is 5.82. The van der Waals surface area contributed by atoms with Crippen LogP contribution in [0.3, 0.4) is 0 Å². The Morgan fingerprint density at radius 2 is 1.63 bits per heavy atom. The molecule has 166 valence electrons. The lowest BCUT2D eigenvalue weighted by molar-refractivity contribution is -0.0435. The largest absolute Gasteiger partial charge is 0.493 e. The van der Waals surface area contributed by atoms with Gasteiger partial charge in [0.2, 0.25) is 5.75 Å². The van der Waals surface area contributed by atoms with Crippen molar-refractivity contribution in [2.75, 3.05) is 66.8 Å². The highest BCUT2D eigenvalue weighted by Crippen LogP contribution is 2.38. The van der Waals surface area contributed by atoms with Crippen LogP contribution in [0.4, 0.5) is 5.82 Å². The zero-order valence-corrected chi connectivity index (χ0v) is 18.4. The smallest absolute Gasteiger partial charge is 0.203 e. The van der Waals surface area contributed by atoms with E-state index >= 15 is 0 Å². The second-order valence-corrected chi connectivity index (χ2v) is 6.59. The summed E-state index contributed by atoms with van der Waals surface area (Å²) in [5.41, 5.74) is 0.914. The zero-order valence-electron chi connectivity index (χ0n) is 18.4. The standard InChI is InChI=1S/C22H32N2O6/c1-24(21-8-6-7-9-23-21)10-11-29-15-18(25-2)16-30-14-17-12-19(26-3)22(28-5)20(13-17)27-4/h6-9,12-13,18H,10-11,14-16H2,1-5H3. The number of benzene rings is 1. The Kier molecular flexibility index (Phi) is 10.2. The summed E-state index contributed by atoms with van der Waals surface area (Å²) in [6.45, 7) is 2.55. The highest BCUT2D eigenvalue weighted by molar-refractivity contribution is 5.53. The van der Waals surface area contributed by atoms with Crippen LogP contribution < -0.4 is 19.1 Å². The molecule has 0 aliphatic carbocycles. The molecule has 1 heterocycles. The molecule has 2 aromatic rings. The van der Waals surface area contributed by atoms with Crippen LogP contribution >= 0.6 is 0 Å². The molecule has 1 aromatic heterocycles. The molecule has 0 aliphatic rings. The van der Waals surface area contributed by atoms with Crippen molar-refractivity contribution >= 4 is 5.82 Å². The lowest BCUT2D eigenvalue weighted by Gasteiger charge is -2.20. The molecule has 0 saturated carbocycles. The Morgan fingerprint density at radius 1 is 0.933 bits per heavy atom. The number of hydrogen-bond donors (Lipinski definition) is 0. The van der Waals surface area contributed by atoms with Gasteiger partial charge in [0.1, 0.15) is 11.9 Å². The minimum Gasteiger partial charge on any atom is -0.493 e. The second-order valence-electron chi connectivity index (χ2n) is 6.59. The van der Waals surface area contributed by atoms with Crippen molar-refractivity contribution in [1.82, 2.24) is 4.98 Å². The predicted molar refractivity (Wildman–Crippen MR) is 115 cm³/mol. The van der Waals surface area contributed by atoms with Gasteiger partial charge in [0.15, 0.2) is 11.5 Å². The number of hydrogen-bond acceptors (Lipinski definition) is 8. The first-order valence-electron chi connectivity index (χ1n) is 9.72. The van der Waals surface area contributed by atoms with Crippen LogP contribution in [0.15, 0.2) is 36.5 Å². The van der Waals surface area contributed by atoms with Gasteiger partial charge in [-0.25, -0.2) is 4.98 Å². The second kappa shape index (κ2) is 12.9. The van der Waals surface area contributed by atoms with E-state index in [2.05, 4.69) is 4.98 Å². The quantitative estimate of drug-likeness (QED) is 0.432. The number of rotatable bonds is 14. The van der Waals surface area contributed by atoms with Crippen LogP contribution in [0.2, 0.25) is 0 Å². The summed E-state index contributed by atoms with van der Waals surface area (Å²) in [5, 5.41) is 0. The molecule has 8 heteroatoms. The van der Waals surface area contributed by atoms with E-state index in [-0.39, 0.29) is 6.10 Å². The van der Waals surface area contributed by atoms with E-state index in [1.807, 2.05) is 42.3 Å². The van der Waals surface area contributed by atoms with Crippen LogP contribution in [-0.2, 0) is 20.8 Å². The van der Waals surface area contributed by atoms with Gasteiger partial charge in [-0.2, -0.15) is 0 Å². The molecule has 0 fully saturated rings. The number of anilines is 1. The molecular weight excluding hydrogens is 388 g/mol. The van der Waals surface area contributed by atoms with Crippen LogP contribution in [-0.4, -0.2) is 72.9 Å². The van der Waals surface area contributed by atoms with Gasteiger partial charge in [0.25, 0.3) is 0 Å². The molecule has 0 saturated heterocycles. The Bertz CT molecular complexity index is 719. The summed E-state index contributed by atoms with van der Waals surface area (Å²) in [7, 11) is 8.39. The van der Waals surface area contributed by atoms with Gasteiger partial charge in [-0.05, 0) is 29.8 Å². The van der Waals surface area contributed by atoms with Crippen molar-refractivity contribution in [3.05, 3.63) is 42.1 Å². The lowest BCUT2D eigenvalue weighted by atomic mass is 10.2. The average molecular weight is 421 g/mol. The van der Waals surface area contributed by atoms with Crippen molar-refractivity contribution in [2.24, 2.45) is 0 Å². The fourth-order valence-electron chi connectivity index (χ4n) is 2.82. The third-order valence-corrected chi connectivity index (χ3v) is 4.55. The molecule has 0 spiro atoms. The number of methoxy groups -OCH3 is 4. The third kappa shape index (κ3) is 7.05. The minimum atomic E-state index is -0.160. The normalized spacial score (nSPS) is 11.8. The van der Waals surface area contributed by atoms with Gasteiger partial charge in [-0.1, -0.05) is 6.07 Å². The Hall–Kier alpha value is -2.55. The zero-order chi connectivity index (χ0) is 21.8. The topological polar surface area (TPSA) is 71.5 Å². The van der Waals surface area contributed by atoms with E-state index in [9.17, 15) is 0 Å². The first-order valence-corrected chi connectivity index (χ1v) is 9.72. The molecule has 0 bridgehead atoms. The number of aromatic nitrogens is 1. The molecule has 8 nitrogen and oxygen atoms in total. The summed E-state index contributed by atoms with van der Waals surface area (Å²) >= 11 is 0. The molecule has 0 N–H and O–H groups in total. The van der Waals surface area contributed by atoms with Crippen LogP contribution in [0, 0.1) is 0 Å². The number of nitrogens with zero attached hydrogens (tertiary/aromatic N) is 2. The van der Waals surface area contributed by atoms with Crippen LogP contribution in [0.5, 0.6) is 17.2 Å². The van der Waals surface area contributed by atoms with E-state index in [1.165, 1.54) is 0 Å². The summed E-state index contributed by atoms with van der Waals surface area (Å²) in [5.74, 6) is 2.67. The van der Waals surface area contributed by atoms with Gasteiger partial charge < -0.3 is 33.3 Å². The van der Waals surface area contributed by atoms with Gasteiger partial charge in [-0.3, -0.25) is 0 Å². The highest BCUT2D eigenvalue weighted by Gasteiger charge is 2.14. The van der Waals surface area contributed by atoms with E-state index in [4.69, 9.17) is 28.4 Å². The fourth-order valence-corrected chi connectivity index (χ4v) is 2.82. The van der Waals surface area contributed by atoms with E-state index in [0.717, 1.165) is 17.9 Å². The molecule has 0 radical (unpaired) electrons. The van der Waals surface area contributed by atoms with Crippen LogP contribution in [0.25, 0.3) is 0 Å². The van der Waals surface area contributed by atoms with Crippen molar-refractivity contribution in [3.63, 3.8) is 0 Å². The molecule has 30 heavy (non-hydrogen) atoms. The minimum absolute atomic E-state index is 0.160. The lowest BCUT2D eigenvalue weighted by Crippen LogP contribution is -2.28. The third-order valence-electron chi connectivity index (χ3n) is 4.55. The van der Waals surface area contributed by atoms with Crippen LogP contribution in [0.1, 0.15) is 5.56 Å². The summed E-state index contributed by atoms with van der Waals surface area (Å²) in [6, 6.07) is 9.57. The molecule has 0 amide bonds. The molecule has 1 unspecified atom stereocenters. The van der Waals surface area contributed by atoms with Gasteiger partial charge >= 0.3 is 0 Å². The Balaban J connectivity index is 1.75. The summed E-state index contributed by atoms with van der Waals surface area (Å²) in [6.07, 6.45) is 1.62. The fraction of sp³-hybridized carbons (Fsp3) is 0.500. The van der Waals surface area contributed by atoms with Crippen molar-refractivity contribution in [3.8, 4) is 17.2 Å². The van der Waals surface area contributed by atoms with E-state index < -0.39 is 0 Å². The maximum Gasteiger partial charge on any atom is 0.203 e. The number of ether oxygens (including phenoxy) is 6. The van der Waals surface area contributed by atoms with Gasteiger partial charge in [0, 0.05) is 26.9 Å². The molecular formula is C22H32N2O6. The first kappa shape index (κ1) is 23.7.